The molecule has 5 heteroatoms. The first-order chi connectivity index (χ1) is 8.97. The highest BCUT2D eigenvalue weighted by molar-refractivity contribution is 7.80. The average molecular weight is 273 g/mol. The first-order valence-electron chi connectivity index (χ1n) is 5.90. The zero-order chi connectivity index (χ0) is 14.0. The zero-order valence-corrected chi connectivity index (χ0v) is 11.7. The number of nitrogens with zero attached hydrogens (tertiary/aromatic N) is 2. The van der Waals surface area contributed by atoms with Crippen LogP contribution in [0, 0.1) is 13.8 Å². The Morgan fingerprint density at radius 3 is 2.68 bits per heavy atom. The van der Waals surface area contributed by atoms with Crippen molar-refractivity contribution in [1.82, 2.24) is 9.55 Å². The van der Waals surface area contributed by atoms with Crippen molar-refractivity contribution in [2.75, 3.05) is 0 Å². The summed E-state index contributed by atoms with van der Waals surface area (Å²) in [5, 5.41) is 0. The van der Waals surface area contributed by atoms with E-state index in [1.54, 1.807) is 17.8 Å². The summed E-state index contributed by atoms with van der Waals surface area (Å²) in [6, 6.07) is 7.27. The smallest absolute Gasteiger partial charge is 0.253 e. The van der Waals surface area contributed by atoms with Crippen LogP contribution in [0.25, 0.3) is 0 Å². The van der Waals surface area contributed by atoms with Gasteiger partial charge in [0.25, 0.3) is 5.56 Å². The SMILES string of the molecule is Cc1cc(=O)n(Cc2ccc(C(N)=S)cc2C)cn1. The third-order valence-corrected chi connectivity index (χ3v) is 3.22. The molecule has 0 aliphatic rings. The molecule has 1 aromatic heterocycles. The molecule has 0 radical (unpaired) electrons. The van der Waals surface area contributed by atoms with Crippen LogP contribution in [-0.4, -0.2) is 14.5 Å². The van der Waals surface area contributed by atoms with Gasteiger partial charge in [0.2, 0.25) is 0 Å². The van der Waals surface area contributed by atoms with Crippen LogP contribution >= 0.6 is 12.2 Å². The van der Waals surface area contributed by atoms with Crippen molar-refractivity contribution in [2.45, 2.75) is 20.4 Å². The van der Waals surface area contributed by atoms with Gasteiger partial charge in [-0.25, -0.2) is 4.98 Å². The van der Waals surface area contributed by atoms with Crippen LogP contribution in [0.4, 0.5) is 0 Å². The van der Waals surface area contributed by atoms with Crippen LogP contribution in [0.15, 0.2) is 35.4 Å². The van der Waals surface area contributed by atoms with E-state index in [2.05, 4.69) is 4.98 Å². The summed E-state index contributed by atoms with van der Waals surface area (Å²) in [6.07, 6.45) is 1.57. The standard InChI is InChI=1S/C14H15N3OS/c1-9-5-11(14(15)19)3-4-12(9)7-17-8-16-10(2)6-13(17)18/h3-6,8H,7H2,1-2H3,(H2,15,19). The number of hydrogen-bond donors (Lipinski definition) is 1. The molecule has 0 aliphatic carbocycles. The highest BCUT2D eigenvalue weighted by atomic mass is 32.1. The Kier molecular flexibility index (Phi) is 3.76. The van der Waals surface area contributed by atoms with Gasteiger partial charge in [0.1, 0.15) is 4.99 Å². The summed E-state index contributed by atoms with van der Waals surface area (Å²) in [5.74, 6) is 0. The van der Waals surface area contributed by atoms with Crippen LogP contribution in [0.1, 0.15) is 22.4 Å². The minimum Gasteiger partial charge on any atom is -0.389 e. The van der Waals surface area contributed by atoms with Gasteiger partial charge in [0, 0.05) is 17.3 Å². The fraction of sp³-hybridized carbons (Fsp3) is 0.214. The van der Waals surface area contributed by atoms with E-state index in [4.69, 9.17) is 18.0 Å². The van der Waals surface area contributed by atoms with E-state index in [1.165, 1.54) is 6.07 Å². The molecule has 0 unspecified atom stereocenters. The first kappa shape index (κ1) is 13.4. The summed E-state index contributed by atoms with van der Waals surface area (Å²) in [7, 11) is 0. The molecule has 0 amide bonds. The third kappa shape index (κ3) is 3.06. The molecule has 0 aliphatic heterocycles. The number of hydrogen-bond acceptors (Lipinski definition) is 3. The molecule has 0 fully saturated rings. The van der Waals surface area contributed by atoms with Crippen LogP contribution in [0.3, 0.4) is 0 Å². The van der Waals surface area contributed by atoms with Crippen molar-refractivity contribution in [1.29, 1.82) is 0 Å². The van der Waals surface area contributed by atoms with Crippen LogP contribution in [-0.2, 0) is 6.54 Å². The maximum atomic E-state index is 11.8. The number of aryl methyl sites for hydroxylation is 2. The molecule has 0 saturated heterocycles. The Balaban J connectivity index is 2.33. The van der Waals surface area contributed by atoms with E-state index in [1.807, 2.05) is 25.1 Å². The van der Waals surface area contributed by atoms with Gasteiger partial charge in [-0.05, 0) is 31.0 Å². The fourth-order valence-corrected chi connectivity index (χ4v) is 1.97. The minimum absolute atomic E-state index is 0.0506. The zero-order valence-electron chi connectivity index (χ0n) is 10.9. The van der Waals surface area contributed by atoms with E-state index in [-0.39, 0.29) is 5.56 Å². The second kappa shape index (κ2) is 5.32. The summed E-state index contributed by atoms with van der Waals surface area (Å²) in [4.78, 5) is 16.3. The number of thiocarbonyl (C=S) groups is 1. The molecule has 1 heterocycles. The van der Waals surface area contributed by atoms with E-state index in [0.717, 1.165) is 22.4 Å². The van der Waals surface area contributed by atoms with Gasteiger partial charge >= 0.3 is 0 Å². The van der Waals surface area contributed by atoms with Crippen LogP contribution in [0.5, 0.6) is 0 Å². The number of benzene rings is 1. The van der Waals surface area contributed by atoms with Crippen molar-refractivity contribution >= 4 is 17.2 Å². The molecule has 0 saturated carbocycles. The maximum Gasteiger partial charge on any atom is 0.253 e. The second-order valence-electron chi connectivity index (χ2n) is 4.50. The molecular weight excluding hydrogens is 258 g/mol. The lowest BCUT2D eigenvalue weighted by Crippen LogP contribution is -2.21. The molecule has 0 spiro atoms. The highest BCUT2D eigenvalue weighted by Gasteiger charge is 2.04. The fourth-order valence-electron chi connectivity index (χ4n) is 1.85. The molecule has 0 atom stereocenters. The number of nitrogens with two attached hydrogens (primary N) is 1. The van der Waals surface area contributed by atoms with Gasteiger partial charge in [0.15, 0.2) is 0 Å². The highest BCUT2D eigenvalue weighted by Crippen LogP contribution is 2.12. The summed E-state index contributed by atoms with van der Waals surface area (Å²) in [6.45, 7) is 4.27. The van der Waals surface area contributed by atoms with E-state index in [0.29, 0.717) is 11.5 Å². The normalized spacial score (nSPS) is 10.4. The molecular formula is C14H15N3OS. The topological polar surface area (TPSA) is 60.9 Å². The third-order valence-electron chi connectivity index (χ3n) is 2.98. The monoisotopic (exact) mass is 273 g/mol. The molecule has 2 rings (SSSR count). The lowest BCUT2D eigenvalue weighted by Gasteiger charge is -2.10. The van der Waals surface area contributed by atoms with E-state index >= 15 is 0 Å². The van der Waals surface area contributed by atoms with Crippen LogP contribution < -0.4 is 11.3 Å². The van der Waals surface area contributed by atoms with E-state index < -0.39 is 0 Å². The van der Waals surface area contributed by atoms with Crippen LogP contribution in [0.2, 0.25) is 0 Å². The van der Waals surface area contributed by atoms with Gasteiger partial charge in [-0.3, -0.25) is 9.36 Å². The molecule has 19 heavy (non-hydrogen) atoms. The quantitative estimate of drug-likeness (QED) is 0.862. The number of rotatable bonds is 3. The lowest BCUT2D eigenvalue weighted by molar-refractivity contribution is 0.727. The minimum atomic E-state index is -0.0506. The molecule has 2 N–H and O–H groups in total. The molecule has 1 aromatic carbocycles. The molecule has 98 valence electrons. The average Bonchev–Trinajstić information content (AvgIpc) is 2.34. The van der Waals surface area contributed by atoms with Crippen molar-refractivity contribution in [2.24, 2.45) is 5.73 Å². The molecule has 0 bridgehead atoms. The van der Waals surface area contributed by atoms with Gasteiger partial charge < -0.3 is 5.73 Å². The van der Waals surface area contributed by atoms with Gasteiger partial charge in [-0.15, -0.1) is 0 Å². The van der Waals surface area contributed by atoms with Crippen molar-refractivity contribution in [3.05, 3.63) is 63.3 Å². The summed E-state index contributed by atoms with van der Waals surface area (Å²) >= 11 is 4.94. The lowest BCUT2D eigenvalue weighted by atomic mass is 10.0. The predicted octanol–water partition coefficient (Wildman–Crippen LogP) is 1.54. The van der Waals surface area contributed by atoms with Gasteiger partial charge in [-0.2, -0.15) is 0 Å². The first-order valence-corrected chi connectivity index (χ1v) is 6.30. The Morgan fingerprint density at radius 2 is 2.11 bits per heavy atom. The Morgan fingerprint density at radius 1 is 1.37 bits per heavy atom. The summed E-state index contributed by atoms with van der Waals surface area (Å²) < 4.78 is 1.58. The maximum absolute atomic E-state index is 11.8. The van der Waals surface area contributed by atoms with Gasteiger partial charge in [0.05, 0.1) is 12.9 Å². The van der Waals surface area contributed by atoms with Gasteiger partial charge in [-0.1, -0.05) is 24.4 Å². The predicted molar refractivity (Wildman–Crippen MR) is 79.4 cm³/mol. The Hall–Kier alpha value is -2.01. The van der Waals surface area contributed by atoms with Crippen molar-refractivity contribution in [3.8, 4) is 0 Å². The molecule has 2 aromatic rings. The van der Waals surface area contributed by atoms with Crippen molar-refractivity contribution in [3.63, 3.8) is 0 Å². The molecule has 4 nitrogen and oxygen atoms in total. The Labute approximate surface area is 116 Å². The largest absolute Gasteiger partial charge is 0.389 e. The summed E-state index contributed by atoms with van der Waals surface area (Å²) in [5.41, 5.74) is 9.21. The van der Waals surface area contributed by atoms with E-state index in [9.17, 15) is 4.79 Å². The van der Waals surface area contributed by atoms with Crippen molar-refractivity contribution < 1.29 is 0 Å². The number of aromatic nitrogens is 2. The Bertz CT molecular complexity index is 691. The second-order valence-corrected chi connectivity index (χ2v) is 4.94.